The highest BCUT2D eigenvalue weighted by Crippen LogP contribution is 2.23. The van der Waals surface area contributed by atoms with Crippen LogP contribution in [0.2, 0.25) is 0 Å². The van der Waals surface area contributed by atoms with Crippen molar-refractivity contribution in [2.24, 2.45) is 0 Å². The zero-order valence-corrected chi connectivity index (χ0v) is 10.6. The Morgan fingerprint density at radius 1 is 1.26 bits per heavy atom. The largest absolute Gasteiger partial charge is 0.481 e. The van der Waals surface area contributed by atoms with Crippen LogP contribution in [0.4, 0.5) is 0 Å². The summed E-state index contributed by atoms with van der Waals surface area (Å²) in [5, 5.41) is 18.8. The van der Waals surface area contributed by atoms with Crippen LogP contribution in [-0.4, -0.2) is 26.7 Å². The van der Waals surface area contributed by atoms with Crippen molar-refractivity contribution in [3.8, 4) is 0 Å². The zero-order valence-electron chi connectivity index (χ0n) is 10.6. The van der Waals surface area contributed by atoms with E-state index in [4.69, 9.17) is 5.11 Å². The summed E-state index contributed by atoms with van der Waals surface area (Å²) in [6.45, 7) is 2.32. The van der Waals surface area contributed by atoms with E-state index in [2.05, 4.69) is 0 Å². The SMILES string of the molecule is Cc1cccc2c1cc(C(=O)O)n2CCCC(=O)O. The number of nitrogens with zero attached hydrogens (tertiary/aromatic N) is 1. The quantitative estimate of drug-likeness (QED) is 0.866. The number of carbonyl (C=O) groups is 2. The molecule has 1 aromatic carbocycles. The van der Waals surface area contributed by atoms with E-state index in [1.807, 2.05) is 25.1 Å². The van der Waals surface area contributed by atoms with E-state index in [-0.39, 0.29) is 12.1 Å². The maximum atomic E-state index is 11.3. The third-order valence-corrected chi connectivity index (χ3v) is 3.16. The Hall–Kier alpha value is -2.30. The molecule has 0 fully saturated rings. The van der Waals surface area contributed by atoms with Gasteiger partial charge in [-0.05, 0) is 31.0 Å². The minimum Gasteiger partial charge on any atom is -0.481 e. The highest BCUT2D eigenvalue weighted by atomic mass is 16.4. The molecule has 1 heterocycles. The smallest absolute Gasteiger partial charge is 0.352 e. The van der Waals surface area contributed by atoms with Gasteiger partial charge >= 0.3 is 11.9 Å². The Labute approximate surface area is 110 Å². The fourth-order valence-electron chi connectivity index (χ4n) is 2.24. The van der Waals surface area contributed by atoms with Crippen molar-refractivity contribution >= 4 is 22.8 Å². The molecule has 0 atom stereocenters. The van der Waals surface area contributed by atoms with Gasteiger partial charge in [0, 0.05) is 23.9 Å². The van der Waals surface area contributed by atoms with Gasteiger partial charge in [-0.2, -0.15) is 0 Å². The van der Waals surface area contributed by atoms with Crippen LogP contribution >= 0.6 is 0 Å². The zero-order chi connectivity index (χ0) is 14.0. The molecule has 0 saturated heterocycles. The fraction of sp³-hybridized carbons (Fsp3) is 0.286. The average molecular weight is 261 g/mol. The second kappa shape index (κ2) is 5.14. The molecule has 0 bridgehead atoms. The second-order valence-electron chi connectivity index (χ2n) is 4.49. The van der Waals surface area contributed by atoms with Crippen LogP contribution < -0.4 is 0 Å². The molecule has 0 aliphatic heterocycles. The number of hydrogen-bond acceptors (Lipinski definition) is 2. The molecule has 2 rings (SSSR count). The third kappa shape index (κ3) is 2.59. The standard InChI is InChI=1S/C14H15NO4/c1-9-4-2-5-11-10(9)8-12(14(18)19)15(11)7-3-6-13(16)17/h2,4-5,8H,3,6-7H2,1H3,(H,16,17)(H,18,19). The van der Waals surface area contributed by atoms with Crippen molar-refractivity contribution in [3.63, 3.8) is 0 Å². The molecule has 5 heteroatoms. The van der Waals surface area contributed by atoms with Gasteiger partial charge in [-0.15, -0.1) is 0 Å². The second-order valence-corrected chi connectivity index (χ2v) is 4.49. The average Bonchev–Trinajstić information content (AvgIpc) is 2.70. The number of carboxylic acid groups (broad SMARTS) is 2. The number of rotatable bonds is 5. The normalized spacial score (nSPS) is 10.8. The van der Waals surface area contributed by atoms with Gasteiger partial charge in [-0.1, -0.05) is 12.1 Å². The Bertz CT molecular complexity index is 642. The molecule has 2 aromatic rings. The first-order chi connectivity index (χ1) is 9.00. The van der Waals surface area contributed by atoms with Gasteiger partial charge in [0.15, 0.2) is 0 Å². The minimum atomic E-state index is -0.995. The van der Waals surface area contributed by atoms with E-state index in [0.29, 0.717) is 13.0 Å². The molecule has 19 heavy (non-hydrogen) atoms. The molecule has 0 aliphatic rings. The monoisotopic (exact) mass is 261 g/mol. The number of aromatic nitrogens is 1. The van der Waals surface area contributed by atoms with Crippen molar-refractivity contribution in [1.29, 1.82) is 0 Å². The van der Waals surface area contributed by atoms with Crippen molar-refractivity contribution in [3.05, 3.63) is 35.5 Å². The van der Waals surface area contributed by atoms with Crippen LogP contribution in [0.15, 0.2) is 24.3 Å². The molecule has 1 aromatic heterocycles. The molecule has 5 nitrogen and oxygen atoms in total. The summed E-state index contributed by atoms with van der Waals surface area (Å²) < 4.78 is 1.67. The van der Waals surface area contributed by atoms with E-state index < -0.39 is 11.9 Å². The van der Waals surface area contributed by atoms with Gasteiger partial charge in [0.25, 0.3) is 0 Å². The van der Waals surface area contributed by atoms with Crippen molar-refractivity contribution < 1.29 is 19.8 Å². The van der Waals surface area contributed by atoms with Crippen LogP contribution in [0, 0.1) is 6.92 Å². The first-order valence-corrected chi connectivity index (χ1v) is 6.04. The number of carboxylic acids is 2. The number of benzene rings is 1. The van der Waals surface area contributed by atoms with Crippen LogP contribution in [0.3, 0.4) is 0 Å². The van der Waals surface area contributed by atoms with Crippen LogP contribution in [0.25, 0.3) is 10.9 Å². The molecule has 0 aliphatic carbocycles. The lowest BCUT2D eigenvalue weighted by atomic mass is 10.1. The number of aliphatic carboxylic acids is 1. The van der Waals surface area contributed by atoms with Gasteiger partial charge in [-0.3, -0.25) is 4.79 Å². The number of hydrogen-bond donors (Lipinski definition) is 2. The molecule has 100 valence electrons. The first-order valence-electron chi connectivity index (χ1n) is 6.04. The Kier molecular flexibility index (Phi) is 3.55. The predicted molar refractivity (Wildman–Crippen MR) is 70.5 cm³/mol. The van der Waals surface area contributed by atoms with Crippen LogP contribution in [0.1, 0.15) is 28.9 Å². The predicted octanol–water partition coefficient (Wildman–Crippen LogP) is 2.51. The van der Waals surface area contributed by atoms with E-state index >= 15 is 0 Å². The van der Waals surface area contributed by atoms with Crippen molar-refractivity contribution in [1.82, 2.24) is 4.57 Å². The number of aromatic carboxylic acids is 1. The van der Waals surface area contributed by atoms with Gasteiger partial charge in [-0.25, -0.2) is 4.79 Å². The summed E-state index contributed by atoms with van der Waals surface area (Å²) in [7, 11) is 0. The number of aryl methyl sites for hydroxylation is 2. The van der Waals surface area contributed by atoms with Gasteiger partial charge < -0.3 is 14.8 Å². The topological polar surface area (TPSA) is 79.5 Å². The number of fused-ring (bicyclic) bond motifs is 1. The Morgan fingerprint density at radius 2 is 2.00 bits per heavy atom. The maximum Gasteiger partial charge on any atom is 0.352 e. The Morgan fingerprint density at radius 3 is 2.63 bits per heavy atom. The molecule has 0 spiro atoms. The summed E-state index contributed by atoms with van der Waals surface area (Å²) >= 11 is 0. The highest BCUT2D eigenvalue weighted by Gasteiger charge is 2.15. The third-order valence-electron chi connectivity index (χ3n) is 3.16. The molecule has 2 N–H and O–H groups in total. The lowest BCUT2D eigenvalue weighted by Gasteiger charge is -2.07. The molecule has 0 unspecified atom stereocenters. The fourth-order valence-corrected chi connectivity index (χ4v) is 2.24. The molecule has 0 saturated carbocycles. The van der Waals surface area contributed by atoms with Crippen molar-refractivity contribution in [2.75, 3.05) is 0 Å². The van der Waals surface area contributed by atoms with E-state index in [1.54, 1.807) is 10.6 Å². The van der Waals surface area contributed by atoms with E-state index in [9.17, 15) is 14.7 Å². The van der Waals surface area contributed by atoms with E-state index in [1.165, 1.54) is 0 Å². The van der Waals surface area contributed by atoms with Crippen molar-refractivity contribution in [2.45, 2.75) is 26.3 Å². The van der Waals surface area contributed by atoms with Crippen LogP contribution in [0.5, 0.6) is 0 Å². The van der Waals surface area contributed by atoms with Gasteiger partial charge in [0.1, 0.15) is 5.69 Å². The van der Waals surface area contributed by atoms with Crippen LogP contribution in [-0.2, 0) is 11.3 Å². The van der Waals surface area contributed by atoms with Gasteiger partial charge in [0.05, 0.1) is 0 Å². The molecular weight excluding hydrogens is 246 g/mol. The summed E-state index contributed by atoms with van der Waals surface area (Å²) in [6.07, 6.45) is 0.442. The van der Waals surface area contributed by atoms with E-state index in [0.717, 1.165) is 16.5 Å². The summed E-state index contributed by atoms with van der Waals surface area (Å²) in [6, 6.07) is 7.30. The summed E-state index contributed by atoms with van der Waals surface area (Å²) in [4.78, 5) is 21.8. The summed E-state index contributed by atoms with van der Waals surface area (Å²) in [5.41, 5.74) is 2.05. The lowest BCUT2D eigenvalue weighted by molar-refractivity contribution is -0.137. The maximum absolute atomic E-state index is 11.3. The minimum absolute atomic E-state index is 0.0323. The molecular formula is C14H15NO4. The first kappa shape index (κ1) is 13.1. The lowest BCUT2D eigenvalue weighted by Crippen LogP contribution is -2.09. The Balaban J connectivity index is 2.44. The van der Waals surface area contributed by atoms with Gasteiger partial charge in [0.2, 0.25) is 0 Å². The highest BCUT2D eigenvalue weighted by molar-refractivity contribution is 5.95. The summed E-state index contributed by atoms with van der Waals surface area (Å²) in [5.74, 6) is -1.87. The molecule has 0 amide bonds. The molecule has 0 radical (unpaired) electrons.